The molecule has 0 aliphatic heterocycles. The van der Waals surface area contributed by atoms with Crippen molar-refractivity contribution in [3.8, 4) is 12.3 Å². The van der Waals surface area contributed by atoms with Crippen molar-refractivity contribution in [2.75, 3.05) is 6.54 Å². The predicted octanol–water partition coefficient (Wildman–Crippen LogP) is 5.77. The number of terminal acetylenes is 1. The van der Waals surface area contributed by atoms with Gasteiger partial charge in [-0.15, -0.1) is 6.42 Å². The lowest BCUT2D eigenvalue weighted by Crippen LogP contribution is -2.22. The topological polar surface area (TPSA) is 29.1 Å². The van der Waals surface area contributed by atoms with E-state index >= 15 is 0 Å². The Morgan fingerprint density at radius 2 is 1.30 bits per heavy atom. The van der Waals surface area contributed by atoms with Crippen LogP contribution in [0.4, 0.5) is 0 Å². The second-order valence-electron chi connectivity index (χ2n) is 6.34. The minimum Gasteiger partial charge on any atom is -0.345 e. The zero-order valence-electron chi connectivity index (χ0n) is 15.2. The van der Waals surface area contributed by atoms with Crippen LogP contribution in [0, 0.1) is 12.3 Å². The van der Waals surface area contributed by atoms with Gasteiger partial charge < -0.3 is 5.32 Å². The van der Waals surface area contributed by atoms with Gasteiger partial charge in [-0.3, -0.25) is 4.79 Å². The summed E-state index contributed by atoms with van der Waals surface area (Å²) in [5, 5.41) is 2.70. The van der Waals surface area contributed by atoms with Crippen molar-refractivity contribution >= 4 is 5.91 Å². The highest BCUT2D eigenvalue weighted by Gasteiger charge is 1.94. The van der Waals surface area contributed by atoms with Crippen molar-refractivity contribution < 1.29 is 4.79 Å². The maximum atomic E-state index is 10.8. The van der Waals surface area contributed by atoms with Gasteiger partial charge in [-0.05, 0) is 38.0 Å². The molecule has 0 fully saturated rings. The smallest absolute Gasteiger partial charge is 0.295 e. The molecule has 0 rings (SSSR count). The molecule has 0 aliphatic rings. The highest BCUT2D eigenvalue weighted by atomic mass is 16.1. The van der Waals surface area contributed by atoms with Gasteiger partial charge in [-0.2, -0.15) is 0 Å². The Balaban J connectivity index is 3.11. The molecule has 0 aromatic rings. The third-order valence-electron chi connectivity index (χ3n) is 4.11. The van der Waals surface area contributed by atoms with E-state index in [1.807, 2.05) is 0 Å². The van der Waals surface area contributed by atoms with E-state index in [4.69, 9.17) is 6.42 Å². The lowest BCUT2D eigenvalue weighted by molar-refractivity contribution is -0.115. The van der Waals surface area contributed by atoms with E-state index in [9.17, 15) is 4.79 Å². The Bertz CT molecular complexity index is 327. The number of hydrogen-bond acceptors (Lipinski definition) is 1. The third-order valence-corrected chi connectivity index (χ3v) is 4.11. The lowest BCUT2D eigenvalue weighted by Gasteiger charge is -2.02. The van der Waals surface area contributed by atoms with Gasteiger partial charge in [-0.1, -0.05) is 76.9 Å². The highest BCUT2D eigenvalue weighted by Crippen LogP contribution is 2.09. The van der Waals surface area contributed by atoms with Gasteiger partial charge in [0.25, 0.3) is 5.91 Å². The average Bonchev–Trinajstić information content (AvgIpc) is 2.57. The van der Waals surface area contributed by atoms with Crippen molar-refractivity contribution in [3.05, 3.63) is 12.2 Å². The van der Waals surface area contributed by atoms with Crippen LogP contribution in [0.5, 0.6) is 0 Å². The first-order valence-electron chi connectivity index (χ1n) is 9.70. The van der Waals surface area contributed by atoms with Gasteiger partial charge in [-0.25, -0.2) is 0 Å². The van der Waals surface area contributed by atoms with E-state index in [0.29, 0.717) is 6.54 Å². The van der Waals surface area contributed by atoms with E-state index in [1.165, 1.54) is 83.5 Å². The fraction of sp³-hybridized carbons (Fsp3) is 0.762. The van der Waals surface area contributed by atoms with Gasteiger partial charge in [0.05, 0.1) is 0 Å². The fourth-order valence-electron chi connectivity index (χ4n) is 2.63. The molecule has 0 aromatic carbocycles. The number of allylic oxidation sites excluding steroid dienone is 2. The molecule has 132 valence electrons. The van der Waals surface area contributed by atoms with Crippen LogP contribution in [0.2, 0.25) is 0 Å². The standard InChI is InChI=1S/C21H37NO/c1-3-5-6-7-8-9-10-11-12-13-14-15-16-17-18-19-20-22-21(23)4-2/h2,11-12H,3,5-10,13-20H2,1H3,(H,22,23)/b12-11-. The van der Waals surface area contributed by atoms with Gasteiger partial charge in [0.2, 0.25) is 0 Å². The molecule has 0 aromatic heterocycles. The Hall–Kier alpha value is -1.23. The van der Waals surface area contributed by atoms with Gasteiger partial charge in [0.15, 0.2) is 0 Å². The molecule has 1 N–H and O–H groups in total. The van der Waals surface area contributed by atoms with E-state index in [2.05, 4.69) is 30.3 Å². The van der Waals surface area contributed by atoms with E-state index < -0.39 is 0 Å². The molecule has 0 aliphatic carbocycles. The Labute approximate surface area is 144 Å². The second-order valence-corrected chi connectivity index (χ2v) is 6.34. The maximum absolute atomic E-state index is 10.8. The third kappa shape index (κ3) is 18.7. The van der Waals surface area contributed by atoms with Gasteiger partial charge >= 0.3 is 0 Å². The van der Waals surface area contributed by atoms with Crippen molar-refractivity contribution in [3.63, 3.8) is 0 Å². The number of unbranched alkanes of at least 4 members (excludes halogenated alkanes) is 12. The first-order chi connectivity index (χ1) is 11.3. The number of rotatable bonds is 16. The molecular formula is C21H37NO. The quantitative estimate of drug-likeness (QED) is 0.218. The van der Waals surface area contributed by atoms with Crippen LogP contribution in [-0.4, -0.2) is 12.5 Å². The van der Waals surface area contributed by atoms with Crippen molar-refractivity contribution in [1.29, 1.82) is 0 Å². The van der Waals surface area contributed by atoms with Gasteiger partial charge in [0, 0.05) is 6.54 Å². The largest absolute Gasteiger partial charge is 0.345 e. The molecule has 0 bridgehead atoms. The van der Waals surface area contributed by atoms with Crippen LogP contribution in [0.15, 0.2) is 12.2 Å². The molecule has 0 heterocycles. The second kappa shape index (κ2) is 18.8. The molecular weight excluding hydrogens is 282 g/mol. The Morgan fingerprint density at radius 3 is 1.83 bits per heavy atom. The number of carbonyl (C=O) groups is 1. The van der Waals surface area contributed by atoms with E-state index in [-0.39, 0.29) is 5.91 Å². The highest BCUT2D eigenvalue weighted by molar-refractivity contribution is 5.92. The number of amides is 1. The molecule has 0 saturated heterocycles. The molecule has 2 nitrogen and oxygen atoms in total. The zero-order chi connectivity index (χ0) is 17.0. The number of carbonyl (C=O) groups excluding carboxylic acids is 1. The molecule has 0 unspecified atom stereocenters. The summed E-state index contributed by atoms with van der Waals surface area (Å²) in [5.74, 6) is 1.77. The zero-order valence-corrected chi connectivity index (χ0v) is 15.2. The molecule has 1 amide bonds. The summed E-state index contributed by atoms with van der Waals surface area (Å²) >= 11 is 0. The van der Waals surface area contributed by atoms with Crippen LogP contribution in [0.3, 0.4) is 0 Å². The monoisotopic (exact) mass is 319 g/mol. The SMILES string of the molecule is C#CC(=O)NCCCCCCCC/C=C\CCCCCCCC. The summed E-state index contributed by atoms with van der Waals surface area (Å²) in [6.45, 7) is 2.98. The molecule has 0 saturated carbocycles. The fourth-order valence-corrected chi connectivity index (χ4v) is 2.63. The summed E-state index contributed by atoms with van der Waals surface area (Å²) in [7, 11) is 0. The first-order valence-corrected chi connectivity index (χ1v) is 9.70. The minimum absolute atomic E-state index is 0.294. The lowest BCUT2D eigenvalue weighted by atomic mass is 10.1. The Morgan fingerprint density at radius 1 is 0.826 bits per heavy atom. The van der Waals surface area contributed by atoms with Crippen molar-refractivity contribution in [2.45, 2.75) is 96.8 Å². The first kappa shape index (κ1) is 21.8. The average molecular weight is 320 g/mol. The normalized spacial score (nSPS) is 10.8. The molecule has 2 heteroatoms. The summed E-state index contributed by atoms with van der Waals surface area (Å²) in [6, 6.07) is 0. The van der Waals surface area contributed by atoms with E-state index in [1.54, 1.807) is 0 Å². The molecule has 0 radical (unpaired) electrons. The van der Waals surface area contributed by atoms with Crippen LogP contribution < -0.4 is 5.32 Å². The minimum atomic E-state index is -0.294. The summed E-state index contributed by atoms with van der Waals surface area (Å²) < 4.78 is 0. The number of nitrogens with one attached hydrogen (secondary N) is 1. The van der Waals surface area contributed by atoms with Crippen LogP contribution >= 0.6 is 0 Å². The van der Waals surface area contributed by atoms with Gasteiger partial charge in [0.1, 0.15) is 0 Å². The molecule has 0 spiro atoms. The predicted molar refractivity (Wildman–Crippen MR) is 101 cm³/mol. The van der Waals surface area contributed by atoms with Crippen LogP contribution in [0.1, 0.15) is 96.8 Å². The number of hydrogen-bond donors (Lipinski definition) is 1. The van der Waals surface area contributed by atoms with Crippen LogP contribution in [-0.2, 0) is 4.79 Å². The summed E-state index contributed by atoms with van der Waals surface area (Å²) in [6.07, 6.45) is 27.9. The van der Waals surface area contributed by atoms with E-state index in [0.717, 1.165) is 6.42 Å². The Kier molecular flexibility index (Phi) is 17.8. The maximum Gasteiger partial charge on any atom is 0.295 e. The summed E-state index contributed by atoms with van der Waals surface area (Å²) in [5.41, 5.74) is 0. The van der Waals surface area contributed by atoms with Crippen molar-refractivity contribution in [1.82, 2.24) is 5.32 Å². The molecule has 0 atom stereocenters. The summed E-state index contributed by atoms with van der Waals surface area (Å²) in [4.78, 5) is 10.8. The van der Waals surface area contributed by atoms with Crippen LogP contribution in [0.25, 0.3) is 0 Å². The van der Waals surface area contributed by atoms with Crippen molar-refractivity contribution in [2.24, 2.45) is 0 Å². The molecule has 23 heavy (non-hydrogen) atoms.